The number of rotatable bonds is 5. The topological polar surface area (TPSA) is 39.9 Å². The molecule has 204 valence electrons. The van der Waals surface area contributed by atoms with Gasteiger partial charge in [-0.2, -0.15) is 0 Å². The van der Waals surface area contributed by atoms with Crippen LogP contribution in [0.4, 0.5) is 14.5 Å². The number of nitrogens with zero attached hydrogens (tertiary/aromatic N) is 6. The van der Waals surface area contributed by atoms with Gasteiger partial charge in [0.2, 0.25) is 5.92 Å². The molecule has 2 saturated heterocycles. The lowest BCUT2D eigenvalue weighted by molar-refractivity contribution is -0.170. The third-order valence-corrected chi connectivity index (χ3v) is 9.22. The summed E-state index contributed by atoms with van der Waals surface area (Å²) in [7, 11) is 0. The molecule has 3 aromatic heterocycles. The molecule has 4 aliphatic rings. The summed E-state index contributed by atoms with van der Waals surface area (Å²) in [5, 5.41) is 0. The molecule has 3 fully saturated rings. The number of anilines is 1. The highest BCUT2D eigenvalue weighted by Gasteiger charge is 2.61. The van der Waals surface area contributed by atoms with Crippen LogP contribution in [0.1, 0.15) is 61.9 Å². The highest BCUT2D eigenvalue weighted by Crippen LogP contribution is 2.57. The maximum absolute atomic E-state index is 13.5. The van der Waals surface area contributed by atoms with E-state index < -0.39 is 5.92 Å². The van der Waals surface area contributed by atoms with Gasteiger partial charge in [-0.3, -0.25) is 9.88 Å². The first-order chi connectivity index (χ1) is 18.6. The molecule has 39 heavy (non-hydrogen) atoms. The molecule has 6 nitrogen and oxygen atoms in total. The summed E-state index contributed by atoms with van der Waals surface area (Å²) >= 11 is 0. The van der Waals surface area contributed by atoms with Crippen molar-refractivity contribution in [1.82, 2.24) is 24.2 Å². The second kappa shape index (κ2) is 8.62. The molecule has 3 aromatic rings. The number of piperidine rings is 1. The van der Waals surface area contributed by atoms with Crippen LogP contribution in [-0.2, 0) is 13.1 Å². The summed E-state index contributed by atoms with van der Waals surface area (Å²) in [4.78, 5) is 16.2. The number of halogens is 2. The van der Waals surface area contributed by atoms with Crippen LogP contribution < -0.4 is 4.90 Å². The summed E-state index contributed by atoms with van der Waals surface area (Å²) in [6.07, 6.45) is 14.7. The van der Waals surface area contributed by atoms with Crippen LogP contribution in [-0.4, -0.2) is 56.3 Å². The van der Waals surface area contributed by atoms with Gasteiger partial charge in [-0.05, 0) is 49.1 Å². The molecular weight excluding hydrogens is 494 g/mol. The van der Waals surface area contributed by atoms with Gasteiger partial charge < -0.3 is 14.2 Å². The molecule has 8 heteroatoms. The Labute approximate surface area is 228 Å². The number of fused-ring (bicyclic) bond motifs is 2. The number of pyridine rings is 2. The molecule has 0 amide bonds. The number of imidazole rings is 1. The zero-order valence-electron chi connectivity index (χ0n) is 22.8. The van der Waals surface area contributed by atoms with Gasteiger partial charge in [-0.25, -0.2) is 13.8 Å². The second-order valence-electron chi connectivity index (χ2n) is 13.1. The first kappa shape index (κ1) is 24.8. The minimum atomic E-state index is -2.49. The lowest BCUT2D eigenvalue weighted by Gasteiger charge is -2.59. The zero-order chi connectivity index (χ0) is 27.0. The van der Waals surface area contributed by atoms with Gasteiger partial charge in [0, 0.05) is 79.5 Å². The van der Waals surface area contributed by atoms with Gasteiger partial charge in [0.25, 0.3) is 0 Å². The molecule has 0 atom stereocenters. The molecule has 1 spiro atoms. The fourth-order valence-corrected chi connectivity index (χ4v) is 6.89. The van der Waals surface area contributed by atoms with E-state index in [4.69, 9.17) is 4.98 Å². The third kappa shape index (κ3) is 4.52. The van der Waals surface area contributed by atoms with Gasteiger partial charge in [0.05, 0.1) is 24.1 Å². The molecule has 1 aliphatic carbocycles. The van der Waals surface area contributed by atoms with Crippen molar-refractivity contribution in [2.75, 3.05) is 31.1 Å². The van der Waals surface area contributed by atoms with E-state index in [-0.39, 0.29) is 18.3 Å². The van der Waals surface area contributed by atoms with Crippen LogP contribution in [0.25, 0.3) is 17.4 Å². The van der Waals surface area contributed by atoms with Crippen LogP contribution >= 0.6 is 0 Å². The molecule has 0 N–H and O–H groups in total. The number of aromatic nitrogens is 3. The monoisotopic (exact) mass is 530 g/mol. The van der Waals surface area contributed by atoms with Crippen molar-refractivity contribution in [3.63, 3.8) is 0 Å². The Morgan fingerprint density at radius 2 is 1.77 bits per heavy atom. The largest absolute Gasteiger partial charge is 0.369 e. The van der Waals surface area contributed by atoms with Crippen molar-refractivity contribution in [2.45, 2.75) is 58.5 Å². The van der Waals surface area contributed by atoms with E-state index in [1.807, 2.05) is 12.4 Å². The van der Waals surface area contributed by atoms with Crippen molar-refractivity contribution in [2.24, 2.45) is 10.8 Å². The molecular formula is C31H36F2N6. The summed E-state index contributed by atoms with van der Waals surface area (Å²) < 4.78 is 29.1. The zero-order valence-corrected chi connectivity index (χ0v) is 22.8. The summed E-state index contributed by atoms with van der Waals surface area (Å²) in [6, 6.07) is 4.30. The highest BCUT2D eigenvalue weighted by atomic mass is 19.3. The molecule has 0 aromatic carbocycles. The minimum absolute atomic E-state index is 0.00633. The van der Waals surface area contributed by atoms with E-state index in [9.17, 15) is 8.78 Å². The molecule has 0 radical (unpaired) electrons. The van der Waals surface area contributed by atoms with Crippen molar-refractivity contribution in [1.29, 1.82) is 0 Å². The van der Waals surface area contributed by atoms with Crippen molar-refractivity contribution >= 4 is 23.1 Å². The van der Waals surface area contributed by atoms with Crippen molar-refractivity contribution in [3.05, 3.63) is 72.1 Å². The number of hydrogen-bond acceptors (Lipinski definition) is 5. The Hall–Kier alpha value is -3.26. The van der Waals surface area contributed by atoms with Gasteiger partial charge in [-0.15, -0.1) is 0 Å². The summed E-state index contributed by atoms with van der Waals surface area (Å²) in [5.41, 5.74) is 7.37. The van der Waals surface area contributed by atoms with E-state index in [0.29, 0.717) is 25.0 Å². The first-order valence-electron chi connectivity index (χ1n) is 14.0. The fraction of sp³-hybridized carbons (Fsp3) is 0.484. The summed E-state index contributed by atoms with van der Waals surface area (Å²) in [5.74, 6) is -2.49. The Balaban J connectivity index is 1.03. The Bertz CT molecular complexity index is 1460. The predicted octanol–water partition coefficient (Wildman–Crippen LogP) is 6.04. The minimum Gasteiger partial charge on any atom is -0.369 e. The van der Waals surface area contributed by atoms with Gasteiger partial charge in [0.1, 0.15) is 5.65 Å². The maximum atomic E-state index is 13.5. The molecule has 6 heterocycles. The first-order valence-corrected chi connectivity index (χ1v) is 14.0. The average molecular weight is 531 g/mol. The molecule has 0 unspecified atom stereocenters. The van der Waals surface area contributed by atoms with Crippen molar-refractivity contribution in [3.8, 4) is 0 Å². The Morgan fingerprint density at radius 1 is 1.00 bits per heavy atom. The predicted molar refractivity (Wildman–Crippen MR) is 150 cm³/mol. The standard InChI is InChI=1S/C31H36F2N6/c1-22-26-12-34-13-27(39-20-30(21-39)18-31(32,33)19-30)25(26)6-9-37(22)16-24-17-38-15-23(4-5-28(38)35-24)14-36-10-7-29(2,3)8-11-36/h4-6,9,12-13,15,17H,1,7-8,10-11,14,16,18-21H2,2-3H3. The normalized spacial score (nSPS) is 23.1. The maximum Gasteiger partial charge on any atom is 0.249 e. The van der Waals surface area contributed by atoms with Crippen molar-refractivity contribution < 1.29 is 8.78 Å². The van der Waals surface area contributed by atoms with E-state index >= 15 is 0 Å². The van der Waals surface area contributed by atoms with Crippen LogP contribution in [0.5, 0.6) is 0 Å². The van der Waals surface area contributed by atoms with E-state index in [1.165, 1.54) is 18.4 Å². The highest BCUT2D eigenvalue weighted by molar-refractivity contribution is 5.83. The molecule has 1 saturated carbocycles. The lowest BCUT2D eigenvalue weighted by atomic mass is 9.61. The van der Waals surface area contributed by atoms with E-state index in [0.717, 1.165) is 53.5 Å². The second-order valence-corrected chi connectivity index (χ2v) is 13.1. The Kier molecular flexibility index (Phi) is 5.47. The SMILES string of the molecule is C=C1c2cncc(N3CC4(C3)CC(F)(F)C4)c2C=CN1Cc1cn2cc(CN3CCC(C)(C)CC3)ccc2n1. The van der Waals surface area contributed by atoms with E-state index in [1.54, 1.807) is 0 Å². The molecule has 7 rings (SSSR count). The quantitative estimate of drug-likeness (QED) is 0.402. The van der Waals surface area contributed by atoms with Gasteiger partial charge in [0.15, 0.2) is 0 Å². The Morgan fingerprint density at radius 3 is 2.51 bits per heavy atom. The summed E-state index contributed by atoms with van der Waals surface area (Å²) in [6.45, 7) is 14.3. The average Bonchev–Trinajstić information content (AvgIpc) is 3.25. The molecule has 3 aliphatic heterocycles. The van der Waals surface area contributed by atoms with Gasteiger partial charge >= 0.3 is 0 Å². The van der Waals surface area contributed by atoms with Crippen LogP contribution in [0.15, 0.2) is 49.7 Å². The van der Waals surface area contributed by atoms with E-state index in [2.05, 4.69) is 81.3 Å². The lowest BCUT2D eigenvalue weighted by Crippen LogP contribution is -2.66. The fourth-order valence-electron chi connectivity index (χ4n) is 6.89. The third-order valence-electron chi connectivity index (χ3n) is 9.22. The van der Waals surface area contributed by atoms with Crippen LogP contribution in [0, 0.1) is 10.8 Å². The van der Waals surface area contributed by atoms with Crippen LogP contribution in [0.2, 0.25) is 0 Å². The number of likely N-dealkylation sites (tertiary alicyclic amines) is 1. The smallest absolute Gasteiger partial charge is 0.249 e. The van der Waals surface area contributed by atoms with Crippen LogP contribution in [0.3, 0.4) is 0 Å². The molecule has 0 bridgehead atoms. The van der Waals surface area contributed by atoms with Gasteiger partial charge in [-0.1, -0.05) is 26.5 Å². The number of hydrogen-bond donors (Lipinski definition) is 0. The number of alkyl halides is 2.